The second-order valence-corrected chi connectivity index (χ2v) is 7.64. The summed E-state index contributed by atoms with van der Waals surface area (Å²) in [6.07, 6.45) is 9.96. The summed E-state index contributed by atoms with van der Waals surface area (Å²) in [4.78, 5) is 24.3. The minimum atomic E-state index is -0.583. The molecular weight excluding hydrogens is 288 g/mol. The molecule has 1 aliphatic rings. The fraction of sp³-hybridized carbons (Fsp3) is 0.900. The molecule has 0 aromatic heterocycles. The van der Waals surface area contributed by atoms with Gasteiger partial charge in [0.1, 0.15) is 0 Å². The average molecular weight is 325 g/mol. The van der Waals surface area contributed by atoms with Crippen molar-refractivity contribution < 1.29 is 14.3 Å². The molecule has 0 radical (unpaired) electrons. The minimum absolute atomic E-state index is 0.277. The molecule has 1 heterocycles. The van der Waals surface area contributed by atoms with Gasteiger partial charge in [0.25, 0.3) is 0 Å². The Morgan fingerprint density at radius 1 is 1.09 bits per heavy atom. The first kappa shape index (κ1) is 20.2. The second kappa shape index (κ2) is 9.44. The molecular formula is C20H36O3. The van der Waals surface area contributed by atoms with Crippen molar-refractivity contribution in [2.24, 2.45) is 23.2 Å². The number of esters is 2. The van der Waals surface area contributed by atoms with E-state index < -0.39 is 5.41 Å². The van der Waals surface area contributed by atoms with Crippen LogP contribution in [0.1, 0.15) is 92.4 Å². The highest BCUT2D eigenvalue weighted by molar-refractivity contribution is 5.98. The van der Waals surface area contributed by atoms with Crippen LogP contribution in [-0.4, -0.2) is 11.9 Å². The SMILES string of the molecule is CCCCCC(CC(C)CCC)CC1(CC)C(=O)OC(=O)C1C. The van der Waals surface area contributed by atoms with E-state index in [1.165, 1.54) is 32.1 Å². The molecule has 1 aliphatic heterocycles. The summed E-state index contributed by atoms with van der Waals surface area (Å²) in [6, 6.07) is 0. The van der Waals surface area contributed by atoms with Crippen molar-refractivity contribution in [3.8, 4) is 0 Å². The molecule has 0 saturated carbocycles. The summed E-state index contributed by atoms with van der Waals surface area (Å²) < 4.78 is 4.98. The summed E-state index contributed by atoms with van der Waals surface area (Å²) in [5.41, 5.74) is -0.583. The quantitative estimate of drug-likeness (QED) is 0.286. The van der Waals surface area contributed by atoms with E-state index in [2.05, 4.69) is 20.8 Å². The smallest absolute Gasteiger partial charge is 0.320 e. The highest BCUT2D eigenvalue weighted by Gasteiger charge is 2.54. The van der Waals surface area contributed by atoms with Gasteiger partial charge in [-0.15, -0.1) is 0 Å². The molecule has 4 unspecified atom stereocenters. The first-order valence-corrected chi connectivity index (χ1v) is 9.67. The molecule has 23 heavy (non-hydrogen) atoms. The van der Waals surface area contributed by atoms with Gasteiger partial charge in [-0.2, -0.15) is 0 Å². The van der Waals surface area contributed by atoms with Crippen molar-refractivity contribution in [1.29, 1.82) is 0 Å². The van der Waals surface area contributed by atoms with Gasteiger partial charge in [-0.05, 0) is 31.1 Å². The lowest BCUT2D eigenvalue weighted by Gasteiger charge is -2.32. The first-order chi connectivity index (χ1) is 10.9. The van der Waals surface area contributed by atoms with Crippen molar-refractivity contribution in [3.05, 3.63) is 0 Å². The number of carbonyl (C=O) groups is 2. The van der Waals surface area contributed by atoms with Gasteiger partial charge < -0.3 is 4.74 Å². The Labute approximate surface area is 142 Å². The van der Waals surface area contributed by atoms with E-state index in [0.29, 0.717) is 18.3 Å². The fourth-order valence-corrected chi connectivity index (χ4v) is 4.22. The standard InChI is InChI=1S/C20H36O3/c1-6-9-10-12-17(13-15(4)11-7-2)14-20(8-3)16(5)18(21)23-19(20)22/h15-17H,6-14H2,1-5H3. The van der Waals surface area contributed by atoms with Crippen molar-refractivity contribution in [3.63, 3.8) is 0 Å². The monoisotopic (exact) mass is 324 g/mol. The maximum atomic E-state index is 12.4. The van der Waals surface area contributed by atoms with Crippen LogP contribution in [0.5, 0.6) is 0 Å². The fourth-order valence-electron chi connectivity index (χ4n) is 4.22. The third kappa shape index (κ3) is 5.06. The molecule has 0 N–H and O–H groups in total. The van der Waals surface area contributed by atoms with Gasteiger partial charge in [0.15, 0.2) is 0 Å². The molecule has 0 spiro atoms. The largest absolute Gasteiger partial charge is 0.392 e. The Morgan fingerprint density at radius 3 is 2.26 bits per heavy atom. The number of cyclic esters (lactones) is 2. The van der Waals surface area contributed by atoms with Crippen LogP contribution in [-0.2, 0) is 14.3 Å². The lowest BCUT2D eigenvalue weighted by Crippen LogP contribution is -2.34. The summed E-state index contributed by atoms with van der Waals surface area (Å²) in [6.45, 7) is 10.7. The van der Waals surface area contributed by atoms with Gasteiger partial charge in [-0.3, -0.25) is 9.59 Å². The van der Waals surface area contributed by atoms with Gasteiger partial charge >= 0.3 is 11.9 Å². The topological polar surface area (TPSA) is 43.4 Å². The summed E-state index contributed by atoms with van der Waals surface area (Å²) in [5, 5.41) is 0. The zero-order valence-corrected chi connectivity index (χ0v) is 15.8. The Balaban J connectivity index is 2.83. The third-order valence-electron chi connectivity index (χ3n) is 5.80. The second-order valence-electron chi connectivity index (χ2n) is 7.64. The van der Waals surface area contributed by atoms with Gasteiger partial charge in [0.2, 0.25) is 0 Å². The van der Waals surface area contributed by atoms with Gasteiger partial charge in [0, 0.05) is 0 Å². The molecule has 134 valence electrons. The van der Waals surface area contributed by atoms with E-state index >= 15 is 0 Å². The summed E-state index contributed by atoms with van der Waals surface area (Å²) >= 11 is 0. The molecule has 0 aliphatic carbocycles. The zero-order valence-electron chi connectivity index (χ0n) is 15.8. The lowest BCUT2D eigenvalue weighted by atomic mass is 9.68. The van der Waals surface area contributed by atoms with Crippen molar-refractivity contribution >= 4 is 11.9 Å². The van der Waals surface area contributed by atoms with Crippen molar-refractivity contribution in [2.45, 2.75) is 92.4 Å². The van der Waals surface area contributed by atoms with E-state index in [9.17, 15) is 9.59 Å². The van der Waals surface area contributed by atoms with E-state index in [1.54, 1.807) is 0 Å². The van der Waals surface area contributed by atoms with E-state index in [0.717, 1.165) is 19.3 Å². The van der Waals surface area contributed by atoms with Crippen LogP contribution in [0.4, 0.5) is 0 Å². The van der Waals surface area contributed by atoms with Crippen LogP contribution >= 0.6 is 0 Å². The molecule has 1 saturated heterocycles. The van der Waals surface area contributed by atoms with E-state index in [4.69, 9.17) is 4.74 Å². The maximum absolute atomic E-state index is 12.4. The molecule has 0 bridgehead atoms. The molecule has 1 fully saturated rings. The Hall–Kier alpha value is -0.860. The van der Waals surface area contributed by atoms with Crippen LogP contribution < -0.4 is 0 Å². The number of unbranched alkanes of at least 4 members (excludes halogenated alkanes) is 2. The highest BCUT2D eigenvalue weighted by Crippen LogP contribution is 2.46. The number of hydrogen-bond donors (Lipinski definition) is 0. The number of carbonyl (C=O) groups excluding carboxylic acids is 2. The number of ether oxygens (including phenoxy) is 1. The molecule has 4 atom stereocenters. The molecule has 0 aromatic carbocycles. The van der Waals surface area contributed by atoms with Gasteiger partial charge in [0.05, 0.1) is 11.3 Å². The van der Waals surface area contributed by atoms with E-state index in [1.807, 2.05) is 13.8 Å². The number of hydrogen-bond acceptors (Lipinski definition) is 3. The molecule has 3 heteroatoms. The average Bonchev–Trinajstić information content (AvgIpc) is 2.71. The van der Waals surface area contributed by atoms with Crippen LogP contribution in [0.25, 0.3) is 0 Å². The lowest BCUT2D eigenvalue weighted by molar-refractivity contribution is -0.155. The Bertz CT molecular complexity index is 390. The maximum Gasteiger partial charge on any atom is 0.320 e. The first-order valence-electron chi connectivity index (χ1n) is 9.67. The molecule has 3 nitrogen and oxygen atoms in total. The van der Waals surface area contributed by atoms with Crippen LogP contribution in [0.2, 0.25) is 0 Å². The highest BCUT2D eigenvalue weighted by atomic mass is 16.6. The molecule has 0 aromatic rings. The zero-order chi connectivity index (χ0) is 17.5. The van der Waals surface area contributed by atoms with Crippen molar-refractivity contribution in [1.82, 2.24) is 0 Å². The van der Waals surface area contributed by atoms with Gasteiger partial charge in [-0.25, -0.2) is 0 Å². The molecule has 1 rings (SSSR count). The summed E-state index contributed by atoms with van der Waals surface area (Å²) in [7, 11) is 0. The van der Waals surface area contributed by atoms with E-state index in [-0.39, 0.29) is 17.9 Å². The van der Waals surface area contributed by atoms with Crippen LogP contribution in [0.3, 0.4) is 0 Å². The van der Waals surface area contributed by atoms with Gasteiger partial charge in [-0.1, -0.05) is 73.1 Å². The predicted octanol–water partition coefficient (Wildman–Crippen LogP) is 5.52. The normalized spacial score (nSPS) is 27.1. The van der Waals surface area contributed by atoms with Crippen LogP contribution in [0.15, 0.2) is 0 Å². The Kier molecular flexibility index (Phi) is 8.28. The minimum Gasteiger partial charge on any atom is -0.392 e. The predicted molar refractivity (Wildman–Crippen MR) is 93.9 cm³/mol. The summed E-state index contributed by atoms with van der Waals surface area (Å²) in [5.74, 6) is 0.301. The Morgan fingerprint density at radius 2 is 1.78 bits per heavy atom. The van der Waals surface area contributed by atoms with Crippen LogP contribution in [0, 0.1) is 23.2 Å². The molecule has 0 amide bonds. The number of rotatable bonds is 11. The third-order valence-corrected chi connectivity index (χ3v) is 5.80. The van der Waals surface area contributed by atoms with Crippen molar-refractivity contribution in [2.75, 3.05) is 0 Å².